The number of benzene rings is 1. The topological polar surface area (TPSA) is 55.5 Å². The van der Waals surface area contributed by atoms with Crippen molar-refractivity contribution in [1.82, 2.24) is 0 Å². The molecular formula is C13H19NO2S. The quantitative estimate of drug-likeness (QED) is 0.760. The van der Waals surface area contributed by atoms with Crippen molar-refractivity contribution < 1.29 is 9.84 Å². The van der Waals surface area contributed by atoms with Gasteiger partial charge >= 0.3 is 0 Å². The van der Waals surface area contributed by atoms with Crippen LogP contribution in [0.4, 0.5) is 0 Å². The molecule has 0 aromatic heterocycles. The van der Waals surface area contributed by atoms with Gasteiger partial charge in [-0.25, -0.2) is 0 Å². The Kier molecular flexibility index (Phi) is 3.97. The van der Waals surface area contributed by atoms with E-state index in [4.69, 9.17) is 10.5 Å². The van der Waals surface area contributed by atoms with Gasteiger partial charge in [-0.05, 0) is 30.9 Å². The summed E-state index contributed by atoms with van der Waals surface area (Å²) < 4.78 is 5.29. The number of rotatable bonds is 6. The Morgan fingerprint density at radius 1 is 1.47 bits per heavy atom. The minimum atomic E-state index is -0.717. The lowest BCUT2D eigenvalue weighted by molar-refractivity contribution is 0.0510. The minimum Gasteiger partial charge on any atom is -0.496 e. The normalized spacial score (nSPS) is 18.8. The van der Waals surface area contributed by atoms with Gasteiger partial charge in [0.15, 0.2) is 0 Å². The lowest BCUT2D eigenvalue weighted by Crippen LogP contribution is -2.42. The van der Waals surface area contributed by atoms with E-state index in [1.807, 2.05) is 24.3 Å². The van der Waals surface area contributed by atoms with Crippen molar-refractivity contribution in [2.24, 2.45) is 11.7 Å². The maximum absolute atomic E-state index is 10.4. The first kappa shape index (κ1) is 12.7. The maximum Gasteiger partial charge on any atom is 0.132 e. The zero-order chi connectivity index (χ0) is 12.3. The van der Waals surface area contributed by atoms with E-state index in [0.717, 1.165) is 23.5 Å². The van der Waals surface area contributed by atoms with Crippen molar-refractivity contribution in [3.05, 3.63) is 24.3 Å². The molecule has 0 heterocycles. The highest BCUT2D eigenvalue weighted by molar-refractivity contribution is 7.99. The van der Waals surface area contributed by atoms with Gasteiger partial charge in [0.2, 0.25) is 0 Å². The lowest BCUT2D eigenvalue weighted by Gasteiger charge is -2.26. The van der Waals surface area contributed by atoms with Gasteiger partial charge in [-0.3, -0.25) is 0 Å². The number of nitrogens with two attached hydrogens (primary N) is 1. The van der Waals surface area contributed by atoms with Crippen molar-refractivity contribution in [1.29, 1.82) is 0 Å². The summed E-state index contributed by atoms with van der Waals surface area (Å²) in [4.78, 5) is 1.06. The first-order chi connectivity index (χ1) is 8.19. The van der Waals surface area contributed by atoms with Crippen LogP contribution in [0.15, 0.2) is 29.2 Å². The SMILES string of the molecule is COc1ccccc1SCC(O)(CN)C1CC1. The maximum atomic E-state index is 10.4. The van der Waals surface area contributed by atoms with Crippen molar-refractivity contribution in [2.75, 3.05) is 19.4 Å². The van der Waals surface area contributed by atoms with E-state index >= 15 is 0 Å². The molecule has 1 atom stereocenters. The highest BCUT2D eigenvalue weighted by atomic mass is 32.2. The first-order valence-electron chi connectivity index (χ1n) is 5.88. The Balaban J connectivity index is 2.01. The summed E-state index contributed by atoms with van der Waals surface area (Å²) in [5.74, 6) is 1.87. The van der Waals surface area contributed by atoms with Gasteiger partial charge in [0.25, 0.3) is 0 Å². The summed E-state index contributed by atoms with van der Waals surface area (Å²) in [7, 11) is 1.66. The molecule has 94 valence electrons. The van der Waals surface area contributed by atoms with Crippen molar-refractivity contribution in [2.45, 2.75) is 23.3 Å². The molecule has 1 aromatic rings. The first-order valence-corrected chi connectivity index (χ1v) is 6.86. The van der Waals surface area contributed by atoms with Crippen LogP contribution in [0, 0.1) is 5.92 Å². The van der Waals surface area contributed by atoms with E-state index in [1.165, 1.54) is 0 Å². The van der Waals surface area contributed by atoms with Crippen LogP contribution in [0.3, 0.4) is 0 Å². The highest BCUT2D eigenvalue weighted by Crippen LogP contribution is 2.42. The molecule has 1 aliphatic carbocycles. The van der Waals surface area contributed by atoms with E-state index in [9.17, 15) is 5.11 Å². The number of hydrogen-bond donors (Lipinski definition) is 2. The van der Waals surface area contributed by atoms with Crippen LogP contribution in [0.25, 0.3) is 0 Å². The second-order valence-electron chi connectivity index (χ2n) is 4.52. The Labute approximate surface area is 106 Å². The Bertz CT molecular complexity index is 381. The molecule has 4 heteroatoms. The molecule has 17 heavy (non-hydrogen) atoms. The molecular weight excluding hydrogens is 234 g/mol. The summed E-state index contributed by atoms with van der Waals surface area (Å²) in [5.41, 5.74) is 4.97. The fourth-order valence-electron chi connectivity index (χ4n) is 1.90. The molecule has 3 nitrogen and oxygen atoms in total. The molecule has 0 amide bonds. The molecule has 3 N–H and O–H groups in total. The van der Waals surface area contributed by atoms with Gasteiger partial charge in [0.1, 0.15) is 5.75 Å². The van der Waals surface area contributed by atoms with E-state index in [-0.39, 0.29) is 0 Å². The van der Waals surface area contributed by atoms with Crippen LogP contribution < -0.4 is 10.5 Å². The van der Waals surface area contributed by atoms with Crippen molar-refractivity contribution in [3.63, 3.8) is 0 Å². The molecule has 0 aliphatic heterocycles. The van der Waals surface area contributed by atoms with Gasteiger partial charge in [0, 0.05) is 17.2 Å². The number of hydrogen-bond acceptors (Lipinski definition) is 4. The second-order valence-corrected chi connectivity index (χ2v) is 5.54. The van der Waals surface area contributed by atoms with Crippen LogP contribution in [0.1, 0.15) is 12.8 Å². The summed E-state index contributed by atoms with van der Waals surface area (Å²) >= 11 is 1.62. The molecule has 0 bridgehead atoms. The molecule has 1 unspecified atom stereocenters. The molecule has 1 fully saturated rings. The van der Waals surface area contributed by atoms with Gasteiger partial charge in [0.05, 0.1) is 12.7 Å². The number of thioether (sulfide) groups is 1. The molecule has 2 rings (SSSR count). The van der Waals surface area contributed by atoms with E-state index in [0.29, 0.717) is 18.2 Å². The second kappa shape index (κ2) is 5.29. The Morgan fingerprint density at radius 2 is 2.18 bits per heavy atom. The van der Waals surface area contributed by atoms with Crippen molar-refractivity contribution in [3.8, 4) is 5.75 Å². The average molecular weight is 253 g/mol. The van der Waals surface area contributed by atoms with E-state index < -0.39 is 5.60 Å². The third-order valence-corrected chi connectivity index (χ3v) is 4.53. The van der Waals surface area contributed by atoms with Crippen LogP contribution in [-0.2, 0) is 0 Å². The smallest absolute Gasteiger partial charge is 0.132 e. The molecule has 1 aromatic carbocycles. The molecule has 1 saturated carbocycles. The zero-order valence-electron chi connectivity index (χ0n) is 10.1. The fraction of sp³-hybridized carbons (Fsp3) is 0.538. The van der Waals surface area contributed by atoms with Gasteiger partial charge < -0.3 is 15.6 Å². The summed E-state index contributed by atoms with van der Waals surface area (Å²) in [6.07, 6.45) is 2.19. The predicted molar refractivity (Wildman–Crippen MR) is 70.4 cm³/mol. The Morgan fingerprint density at radius 3 is 2.76 bits per heavy atom. The summed E-state index contributed by atoms with van der Waals surface area (Å²) in [6, 6.07) is 7.86. The average Bonchev–Trinajstić information content (AvgIpc) is 3.21. The highest BCUT2D eigenvalue weighted by Gasteiger charge is 2.42. The monoisotopic (exact) mass is 253 g/mol. The van der Waals surface area contributed by atoms with Gasteiger partial charge in [-0.15, -0.1) is 11.8 Å². The predicted octanol–water partition coefficient (Wildman–Crippen LogP) is 1.89. The molecule has 0 radical (unpaired) electrons. The van der Waals surface area contributed by atoms with Crippen LogP contribution in [0.5, 0.6) is 5.75 Å². The summed E-state index contributed by atoms with van der Waals surface area (Å²) in [5, 5.41) is 10.4. The Hall–Kier alpha value is -0.710. The lowest BCUT2D eigenvalue weighted by atomic mass is 10.0. The third kappa shape index (κ3) is 2.94. The van der Waals surface area contributed by atoms with E-state index in [1.54, 1.807) is 18.9 Å². The van der Waals surface area contributed by atoms with E-state index in [2.05, 4.69) is 0 Å². The number of methoxy groups -OCH3 is 1. The largest absolute Gasteiger partial charge is 0.496 e. The molecule has 0 spiro atoms. The van der Waals surface area contributed by atoms with Crippen LogP contribution in [-0.4, -0.2) is 30.1 Å². The number of aliphatic hydroxyl groups is 1. The zero-order valence-corrected chi connectivity index (χ0v) is 10.9. The molecule has 0 saturated heterocycles. The van der Waals surface area contributed by atoms with Crippen LogP contribution >= 0.6 is 11.8 Å². The third-order valence-electron chi connectivity index (χ3n) is 3.24. The van der Waals surface area contributed by atoms with Crippen molar-refractivity contribution >= 4 is 11.8 Å². The number of para-hydroxylation sites is 1. The standard InChI is InChI=1S/C13H19NO2S/c1-16-11-4-2-3-5-12(11)17-9-13(15,8-14)10-6-7-10/h2-5,10,15H,6-9,14H2,1H3. The fourth-order valence-corrected chi connectivity index (χ4v) is 3.13. The minimum absolute atomic E-state index is 0.333. The summed E-state index contributed by atoms with van der Waals surface area (Å²) in [6.45, 7) is 0.333. The van der Waals surface area contributed by atoms with Gasteiger partial charge in [-0.2, -0.15) is 0 Å². The number of ether oxygens (including phenoxy) is 1. The van der Waals surface area contributed by atoms with Crippen LogP contribution in [0.2, 0.25) is 0 Å². The molecule has 1 aliphatic rings. The van der Waals surface area contributed by atoms with Gasteiger partial charge in [-0.1, -0.05) is 12.1 Å².